The van der Waals surface area contributed by atoms with Crippen LogP contribution in [0.15, 0.2) is 48.5 Å². The van der Waals surface area contributed by atoms with Gasteiger partial charge in [-0.3, -0.25) is 13.9 Å². The third-order valence-electron chi connectivity index (χ3n) is 5.07. The molecule has 0 fully saturated rings. The summed E-state index contributed by atoms with van der Waals surface area (Å²) in [6.45, 7) is 9.01. The van der Waals surface area contributed by atoms with Gasteiger partial charge in [-0.2, -0.15) is 0 Å². The number of benzene rings is 2. The van der Waals surface area contributed by atoms with E-state index in [0.29, 0.717) is 5.69 Å². The zero-order valence-electron chi connectivity index (χ0n) is 19.6. The highest BCUT2D eigenvalue weighted by molar-refractivity contribution is 7.92. The standard InChI is InChI=1S/C24H33N3O4S/c1-17(2)25-24(29)20(5)26(15-21-11-7-18(3)8-12-21)23(28)16-27(32(6,30)31)22-13-9-19(4)10-14-22/h7-14,17,20H,15-16H2,1-6H3,(H,25,29)/t20-/m0/s1. The minimum atomic E-state index is -3.72. The maximum Gasteiger partial charge on any atom is 0.244 e. The molecule has 0 saturated carbocycles. The monoisotopic (exact) mass is 459 g/mol. The third-order valence-corrected chi connectivity index (χ3v) is 6.21. The third kappa shape index (κ3) is 7.09. The van der Waals surface area contributed by atoms with Crippen LogP contribution >= 0.6 is 0 Å². The lowest BCUT2D eigenvalue weighted by Crippen LogP contribution is -2.52. The van der Waals surface area contributed by atoms with Gasteiger partial charge in [0.25, 0.3) is 0 Å². The number of carbonyl (C=O) groups excluding carboxylic acids is 2. The van der Waals surface area contributed by atoms with Crippen molar-refractivity contribution in [2.45, 2.75) is 53.2 Å². The van der Waals surface area contributed by atoms with Gasteiger partial charge in [-0.25, -0.2) is 8.42 Å². The van der Waals surface area contributed by atoms with Gasteiger partial charge in [0.05, 0.1) is 11.9 Å². The second-order valence-corrected chi connectivity index (χ2v) is 10.4. The predicted octanol–water partition coefficient (Wildman–Crippen LogP) is 3.01. The van der Waals surface area contributed by atoms with Crippen molar-refractivity contribution < 1.29 is 18.0 Å². The molecule has 1 N–H and O–H groups in total. The highest BCUT2D eigenvalue weighted by atomic mass is 32.2. The van der Waals surface area contributed by atoms with Crippen LogP contribution in [0.5, 0.6) is 0 Å². The molecule has 2 rings (SSSR count). The highest BCUT2D eigenvalue weighted by Gasteiger charge is 2.30. The van der Waals surface area contributed by atoms with Crippen LogP contribution in [0.25, 0.3) is 0 Å². The number of hydrogen-bond donors (Lipinski definition) is 1. The molecule has 0 aromatic heterocycles. The van der Waals surface area contributed by atoms with Crippen LogP contribution in [0, 0.1) is 13.8 Å². The largest absolute Gasteiger partial charge is 0.352 e. The number of carbonyl (C=O) groups is 2. The summed E-state index contributed by atoms with van der Waals surface area (Å²) in [5, 5.41) is 2.83. The summed E-state index contributed by atoms with van der Waals surface area (Å²) in [4.78, 5) is 27.5. The quantitative estimate of drug-likeness (QED) is 0.625. The van der Waals surface area contributed by atoms with Crippen molar-refractivity contribution in [3.05, 3.63) is 65.2 Å². The molecule has 1 atom stereocenters. The summed E-state index contributed by atoms with van der Waals surface area (Å²) in [6, 6.07) is 13.7. The molecular weight excluding hydrogens is 426 g/mol. The van der Waals surface area contributed by atoms with Crippen LogP contribution in [0.1, 0.15) is 37.5 Å². The fourth-order valence-electron chi connectivity index (χ4n) is 3.20. The Morgan fingerprint density at radius 3 is 1.88 bits per heavy atom. The maximum absolute atomic E-state index is 13.4. The van der Waals surface area contributed by atoms with Crippen molar-refractivity contribution in [1.82, 2.24) is 10.2 Å². The topological polar surface area (TPSA) is 86.8 Å². The summed E-state index contributed by atoms with van der Waals surface area (Å²) >= 11 is 0. The number of sulfonamides is 1. The van der Waals surface area contributed by atoms with Crippen LogP contribution in [0.3, 0.4) is 0 Å². The van der Waals surface area contributed by atoms with Crippen molar-refractivity contribution in [1.29, 1.82) is 0 Å². The normalized spacial score (nSPS) is 12.3. The van der Waals surface area contributed by atoms with Crippen molar-refractivity contribution in [3.8, 4) is 0 Å². The van der Waals surface area contributed by atoms with Gasteiger partial charge >= 0.3 is 0 Å². The lowest BCUT2D eigenvalue weighted by molar-refractivity contribution is -0.139. The molecular formula is C24H33N3O4S. The van der Waals surface area contributed by atoms with Gasteiger partial charge in [0.1, 0.15) is 12.6 Å². The molecule has 7 nitrogen and oxygen atoms in total. The zero-order valence-corrected chi connectivity index (χ0v) is 20.4. The first-order valence-corrected chi connectivity index (χ1v) is 12.4. The molecule has 32 heavy (non-hydrogen) atoms. The van der Waals surface area contributed by atoms with Gasteiger partial charge in [0, 0.05) is 12.6 Å². The first kappa shape index (κ1) is 25.4. The lowest BCUT2D eigenvalue weighted by Gasteiger charge is -2.32. The summed E-state index contributed by atoms with van der Waals surface area (Å²) in [7, 11) is -3.72. The Bertz CT molecular complexity index is 1030. The van der Waals surface area contributed by atoms with Crippen molar-refractivity contribution in [2.24, 2.45) is 0 Å². The molecule has 0 unspecified atom stereocenters. The number of aryl methyl sites for hydroxylation is 2. The average Bonchev–Trinajstić information content (AvgIpc) is 2.70. The van der Waals surface area contributed by atoms with Gasteiger partial charge in [-0.15, -0.1) is 0 Å². The lowest BCUT2D eigenvalue weighted by atomic mass is 10.1. The van der Waals surface area contributed by atoms with Gasteiger partial charge in [-0.05, 0) is 52.3 Å². The average molecular weight is 460 g/mol. The smallest absolute Gasteiger partial charge is 0.244 e. The van der Waals surface area contributed by atoms with Crippen molar-refractivity contribution >= 4 is 27.5 Å². The molecule has 2 aromatic rings. The van der Waals surface area contributed by atoms with E-state index in [0.717, 1.165) is 27.3 Å². The molecule has 2 amide bonds. The van der Waals surface area contributed by atoms with Gasteiger partial charge in [0.2, 0.25) is 21.8 Å². The number of rotatable bonds is 9. The van der Waals surface area contributed by atoms with Crippen LogP contribution in [-0.2, 0) is 26.2 Å². The predicted molar refractivity (Wildman–Crippen MR) is 128 cm³/mol. The van der Waals surface area contributed by atoms with E-state index in [-0.39, 0.29) is 18.5 Å². The number of anilines is 1. The minimum Gasteiger partial charge on any atom is -0.352 e. The van der Waals surface area contributed by atoms with Gasteiger partial charge in [0.15, 0.2) is 0 Å². The Morgan fingerprint density at radius 2 is 1.41 bits per heavy atom. The maximum atomic E-state index is 13.4. The van der Waals surface area contributed by atoms with E-state index < -0.39 is 28.5 Å². The molecule has 0 aliphatic rings. The molecule has 0 heterocycles. The number of hydrogen-bond acceptors (Lipinski definition) is 4. The van der Waals surface area contributed by atoms with E-state index in [1.807, 2.05) is 52.0 Å². The summed E-state index contributed by atoms with van der Waals surface area (Å²) in [5.41, 5.74) is 3.32. The molecule has 0 saturated heterocycles. The van der Waals surface area contributed by atoms with Gasteiger partial charge in [-0.1, -0.05) is 47.5 Å². The zero-order chi connectivity index (χ0) is 24.1. The Hall–Kier alpha value is -2.87. The molecule has 174 valence electrons. The number of nitrogens with zero attached hydrogens (tertiary/aromatic N) is 2. The Labute approximate surface area is 191 Å². The summed E-state index contributed by atoms with van der Waals surface area (Å²) in [6.07, 6.45) is 1.07. The van der Waals surface area contributed by atoms with E-state index >= 15 is 0 Å². The van der Waals surface area contributed by atoms with E-state index in [4.69, 9.17) is 0 Å². The fourth-order valence-corrected chi connectivity index (χ4v) is 4.05. The van der Waals surface area contributed by atoms with Gasteiger partial charge < -0.3 is 10.2 Å². The van der Waals surface area contributed by atoms with E-state index in [9.17, 15) is 18.0 Å². The SMILES string of the molecule is Cc1ccc(CN(C(=O)CN(c2ccc(C)cc2)S(C)(=O)=O)[C@@H](C)C(=O)NC(C)C)cc1. The molecule has 2 aromatic carbocycles. The van der Waals surface area contributed by atoms with E-state index in [2.05, 4.69) is 5.32 Å². The van der Waals surface area contributed by atoms with Crippen LogP contribution in [-0.4, -0.2) is 50.0 Å². The molecule has 0 aliphatic carbocycles. The second kappa shape index (κ2) is 10.6. The van der Waals surface area contributed by atoms with E-state index in [1.54, 1.807) is 31.2 Å². The van der Waals surface area contributed by atoms with Crippen LogP contribution in [0.2, 0.25) is 0 Å². The van der Waals surface area contributed by atoms with E-state index in [1.165, 1.54) is 4.90 Å². The van der Waals surface area contributed by atoms with Crippen molar-refractivity contribution in [3.63, 3.8) is 0 Å². The minimum absolute atomic E-state index is 0.0821. The number of amides is 2. The molecule has 0 radical (unpaired) electrons. The van der Waals surface area contributed by atoms with Crippen molar-refractivity contribution in [2.75, 3.05) is 17.1 Å². The Kier molecular flexibility index (Phi) is 8.44. The Balaban J connectivity index is 2.36. The Morgan fingerprint density at radius 1 is 0.906 bits per heavy atom. The number of nitrogens with one attached hydrogen (secondary N) is 1. The summed E-state index contributed by atoms with van der Waals surface area (Å²) in [5.74, 6) is -0.746. The summed E-state index contributed by atoms with van der Waals surface area (Å²) < 4.78 is 26.1. The second-order valence-electron chi connectivity index (χ2n) is 8.45. The molecule has 0 aliphatic heterocycles. The molecule has 0 spiro atoms. The first-order chi connectivity index (χ1) is 14.9. The highest BCUT2D eigenvalue weighted by Crippen LogP contribution is 2.20. The van der Waals surface area contributed by atoms with Crippen LogP contribution in [0.4, 0.5) is 5.69 Å². The first-order valence-electron chi connectivity index (χ1n) is 10.6. The fraction of sp³-hybridized carbons (Fsp3) is 0.417. The molecule has 0 bridgehead atoms. The van der Waals surface area contributed by atoms with Crippen LogP contribution < -0.4 is 9.62 Å². The molecule has 8 heteroatoms.